The third-order valence-corrected chi connectivity index (χ3v) is 2.27. The van der Waals surface area contributed by atoms with Gasteiger partial charge in [0.05, 0.1) is 0 Å². The fourth-order valence-corrected chi connectivity index (χ4v) is 1.68. The zero-order valence-electron chi connectivity index (χ0n) is 15.8. The van der Waals surface area contributed by atoms with E-state index in [0.29, 0.717) is 10.8 Å². The van der Waals surface area contributed by atoms with Gasteiger partial charge in [0.15, 0.2) is 0 Å². The minimum atomic E-state index is 0. The normalized spacial score (nSPS) is 9.90. The van der Waals surface area contributed by atoms with Gasteiger partial charge in [0.1, 0.15) is 0 Å². The molecule has 0 bridgehead atoms. The van der Waals surface area contributed by atoms with Crippen molar-refractivity contribution in [3.8, 4) is 0 Å². The van der Waals surface area contributed by atoms with Crippen molar-refractivity contribution in [1.29, 1.82) is 0 Å². The molecule has 0 nitrogen and oxygen atoms in total. The summed E-state index contributed by atoms with van der Waals surface area (Å²) in [5, 5.41) is 0. The Morgan fingerprint density at radius 1 is 0.714 bits per heavy atom. The van der Waals surface area contributed by atoms with E-state index in [1.54, 1.807) is 0 Å². The van der Waals surface area contributed by atoms with Crippen LogP contribution in [0.3, 0.4) is 0 Å². The molecule has 0 aromatic rings. The molecule has 0 aliphatic carbocycles. The Labute approximate surface area is 187 Å². The minimum Gasteiger partial charge on any atom is -0.358 e. The van der Waals surface area contributed by atoms with Crippen LogP contribution in [0.5, 0.6) is 0 Å². The van der Waals surface area contributed by atoms with Crippen molar-refractivity contribution in [1.82, 2.24) is 0 Å². The van der Waals surface area contributed by atoms with Gasteiger partial charge in [-0.2, -0.15) is 12.8 Å². The van der Waals surface area contributed by atoms with Gasteiger partial charge >= 0.3 is 0 Å². The van der Waals surface area contributed by atoms with E-state index in [2.05, 4.69) is 68.5 Å². The maximum absolute atomic E-state index is 3.90. The second-order valence-electron chi connectivity index (χ2n) is 7.47. The van der Waals surface area contributed by atoms with Crippen molar-refractivity contribution < 1.29 is 65.4 Å². The molecule has 0 saturated carbocycles. The predicted molar refractivity (Wildman–Crippen MR) is 92.8 cm³/mol. The Bertz CT molecular complexity index is 224. The van der Waals surface area contributed by atoms with Crippen LogP contribution in [0.4, 0.5) is 0 Å². The molecule has 21 heavy (non-hydrogen) atoms. The van der Waals surface area contributed by atoms with Crippen LogP contribution < -0.4 is 0 Å². The monoisotopic (exact) mass is 443 g/mol. The maximum Gasteiger partial charge on any atom is 0 e. The summed E-state index contributed by atoms with van der Waals surface area (Å²) in [6.07, 6.45) is 3.93. The summed E-state index contributed by atoms with van der Waals surface area (Å²) in [6, 6.07) is 0. The average Bonchev–Trinajstić information content (AvgIpc) is 2.13. The molecule has 0 aliphatic rings. The fraction of sp³-hybridized carbons (Fsp3) is 0.632. The summed E-state index contributed by atoms with van der Waals surface area (Å²) in [6.45, 7) is 28.6. The summed E-state index contributed by atoms with van der Waals surface area (Å²) >= 11 is 0. The quantitative estimate of drug-likeness (QED) is 0.329. The number of hydrogen-bond donors (Lipinski definition) is 0. The molecule has 0 amide bonds. The van der Waals surface area contributed by atoms with Crippen molar-refractivity contribution in [2.45, 2.75) is 67.2 Å². The Morgan fingerprint density at radius 2 is 0.905 bits per heavy atom. The van der Waals surface area contributed by atoms with Crippen molar-refractivity contribution >= 4 is 0 Å². The summed E-state index contributed by atoms with van der Waals surface area (Å²) < 4.78 is 0. The molecule has 0 spiro atoms. The van der Waals surface area contributed by atoms with Gasteiger partial charge in [-0.1, -0.05) is 41.5 Å². The molecule has 122 valence electrons. The van der Waals surface area contributed by atoms with Gasteiger partial charge in [0.2, 0.25) is 0 Å². The van der Waals surface area contributed by atoms with Crippen molar-refractivity contribution in [2.24, 2.45) is 10.8 Å². The minimum absolute atomic E-state index is 0. The van der Waals surface area contributed by atoms with Crippen molar-refractivity contribution in [2.75, 3.05) is 0 Å². The van der Waals surface area contributed by atoms with Crippen LogP contribution in [0.15, 0.2) is 24.3 Å². The molecule has 0 saturated heterocycles. The number of allylic oxidation sites excluding steroid dienone is 2. The first-order chi connectivity index (χ1) is 7.91. The molecule has 0 atom stereocenters. The Balaban J connectivity index is -0.0000000711. The van der Waals surface area contributed by atoms with E-state index in [-0.39, 0.29) is 72.8 Å². The second-order valence-corrected chi connectivity index (χ2v) is 7.47. The van der Waals surface area contributed by atoms with Crippen LogP contribution >= 0.6 is 0 Å². The molecule has 0 rings (SSSR count). The Kier molecular flexibility index (Phi) is 26.9. The molecule has 0 fully saturated rings. The molecule has 0 aliphatic heterocycles. The molecule has 2 radical (unpaired) electrons. The maximum atomic E-state index is 3.90. The Hall–Kier alpha value is 1.69. The van der Waals surface area contributed by atoms with Gasteiger partial charge in [-0.25, -0.2) is 0 Å². The van der Waals surface area contributed by atoms with Gasteiger partial charge in [-0.15, -0.1) is 24.3 Å². The molecular formula is C19H37Y2-3. The van der Waals surface area contributed by atoms with Crippen LogP contribution in [-0.2, 0) is 65.4 Å². The zero-order chi connectivity index (χ0) is 15.0. The summed E-state index contributed by atoms with van der Waals surface area (Å²) in [5.74, 6) is 0. The van der Waals surface area contributed by atoms with Gasteiger partial charge in [-0.05, 0) is 23.7 Å². The fourth-order valence-electron chi connectivity index (χ4n) is 1.68. The van der Waals surface area contributed by atoms with Crippen molar-refractivity contribution in [3.63, 3.8) is 0 Å². The Morgan fingerprint density at radius 3 is 0.952 bits per heavy atom. The smallest absolute Gasteiger partial charge is 0 e. The van der Waals surface area contributed by atoms with Crippen LogP contribution in [-0.4, -0.2) is 0 Å². The largest absolute Gasteiger partial charge is 0.358 e. The van der Waals surface area contributed by atoms with Gasteiger partial charge in [0.25, 0.3) is 0 Å². The van der Waals surface area contributed by atoms with Crippen molar-refractivity contribution in [3.05, 3.63) is 45.6 Å². The van der Waals surface area contributed by atoms with E-state index < -0.39 is 0 Å². The zero-order valence-corrected chi connectivity index (χ0v) is 21.5. The standard InChI is InChI=1S/2C9H17.CH3.2Y/c2*1-6-8(2)7-9(3,4)5;;;/h2*1-2,6-7H2,3-5H3;1H3;;/q3*-1;;. The SMILES string of the molecule is C=C(C[CH2-])CC(C)(C)C.C=C(C[CH2-])CC(C)(C)C.[CH3-].[Y].[Y]. The summed E-state index contributed by atoms with van der Waals surface area (Å²) in [5.41, 5.74) is 3.27. The second kappa shape index (κ2) is 16.5. The average molecular weight is 443 g/mol. The van der Waals surface area contributed by atoms with E-state index in [0.717, 1.165) is 25.7 Å². The van der Waals surface area contributed by atoms with E-state index in [4.69, 9.17) is 0 Å². The molecular weight excluding hydrogens is 406 g/mol. The van der Waals surface area contributed by atoms with Crippen LogP contribution in [0.2, 0.25) is 0 Å². The third kappa shape index (κ3) is 34.2. The van der Waals surface area contributed by atoms with Crippen LogP contribution in [0.1, 0.15) is 67.2 Å². The van der Waals surface area contributed by atoms with Gasteiger partial charge in [-0.3, -0.25) is 0 Å². The summed E-state index contributed by atoms with van der Waals surface area (Å²) in [7, 11) is 0. The molecule has 0 N–H and O–H groups in total. The van der Waals surface area contributed by atoms with Crippen LogP contribution in [0.25, 0.3) is 0 Å². The summed E-state index contributed by atoms with van der Waals surface area (Å²) in [4.78, 5) is 0. The number of rotatable bonds is 4. The molecule has 2 heteroatoms. The topological polar surface area (TPSA) is 0 Å². The number of hydrogen-bond acceptors (Lipinski definition) is 0. The first-order valence-corrected chi connectivity index (χ1v) is 6.83. The molecule has 0 aromatic heterocycles. The molecule has 0 unspecified atom stereocenters. The van der Waals surface area contributed by atoms with Crippen LogP contribution in [0, 0.1) is 32.1 Å². The molecule has 0 aromatic carbocycles. The third-order valence-electron chi connectivity index (χ3n) is 2.27. The predicted octanol–water partition coefficient (Wildman–Crippen LogP) is 6.85. The van der Waals surface area contributed by atoms with E-state index >= 15 is 0 Å². The first-order valence-electron chi connectivity index (χ1n) is 6.83. The van der Waals surface area contributed by atoms with Gasteiger partial charge in [0, 0.05) is 65.4 Å². The van der Waals surface area contributed by atoms with Gasteiger partial charge < -0.3 is 21.3 Å². The molecule has 0 heterocycles. The first kappa shape index (κ1) is 34.1. The van der Waals surface area contributed by atoms with E-state index in [1.807, 2.05) is 0 Å². The van der Waals surface area contributed by atoms with E-state index in [1.165, 1.54) is 11.1 Å². The van der Waals surface area contributed by atoms with E-state index in [9.17, 15) is 0 Å².